The van der Waals surface area contributed by atoms with Gasteiger partial charge in [-0.3, -0.25) is 14.4 Å². The summed E-state index contributed by atoms with van der Waals surface area (Å²) in [5.74, 6) is -1.17. The number of nitrogens with zero attached hydrogens (tertiary/aromatic N) is 3. The lowest BCUT2D eigenvalue weighted by atomic mass is 9.99. The number of benzene rings is 2. The second kappa shape index (κ2) is 17.0. The summed E-state index contributed by atoms with van der Waals surface area (Å²) in [5, 5.41) is 14.2. The summed E-state index contributed by atoms with van der Waals surface area (Å²) in [6.07, 6.45) is 5.45. The molecule has 0 radical (unpaired) electrons. The first-order valence-electron chi connectivity index (χ1n) is 15.0. The quantitative estimate of drug-likeness (QED) is 0.148. The maximum absolute atomic E-state index is 13.1. The summed E-state index contributed by atoms with van der Waals surface area (Å²) in [6, 6.07) is 15.3. The van der Waals surface area contributed by atoms with Gasteiger partial charge in [-0.25, -0.2) is 9.97 Å². The molecule has 0 bridgehead atoms. The van der Waals surface area contributed by atoms with E-state index in [1.165, 1.54) is 5.56 Å². The van der Waals surface area contributed by atoms with Crippen molar-refractivity contribution in [3.8, 4) is 5.75 Å². The van der Waals surface area contributed by atoms with Crippen LogP contribution in [0.4, 0.5) is 11.6 Å². The van der Waals surface area contributed by atoms with Crippen LogP contribution in [0.15, 0.2) is 48.5 Å². The fourth-order valence-electron chi connectivity index (χ4n) is 5.93. The molecule has 2 atom stereocenters. The monoisotopic (exact) mass is 673 g/mol. The first-order valence-corrected chi connectivity index (χ1v) is 15.4. The van der Waals surface area contributed by atoms with E-state index in [0.29, 0.717) is 5.56 Å². The molecule has 1 fully saturated rings. The summed E-state index contributed by atoms with van der Waals surface area (Å²) in [4.78, 5) is 44.0. The summed E-state index contributed by atoms with van der Waals surface area (Å²) in [6.45, 7) is 3.23. The second-order valence-electron chi connectivity index (χ2n) is 11.5. The van der Waals surface area contributed by atoms with E-state index in [4.69, 9.17) is 32.9 Å². The topological polar surface area (TPSA) is 183 Å². The highest BCUT2D eigenvalue weighted by atomic mass is 35.5. The zero-order valence-electron chi connectivity index (χ0n) is 25.8. The Balaban J connectivity index is 0.00000576. The van der Waals surface area contributed by atoms with Crippen molar-refractivity contribution >= 4 is 41.0 Å². The van der Waals surface area contributed by atoms with Gasteiger partial charge in [-0.1, -0.05) is 35.9 Å². The average Bonchev–Trinajstić information content (AvgIpc) is 3.02. The Kier molecular flexibility index (Phi) is 13.4. The summed E-state index contributed by atoms with van der Waals surface area (Å²) in [5.41, 5.74) is 14.3. The van der Waals surface area contributed by atoms with Gasteiger partial charge >= 0.3 is 5.97 Å². The van der Waals surface area contributed by atoms with Gasteiger partial charge in [0.1, 0.15) is 12.3 Å². The highest BCUT2D eigenvalue weighted by Crippen LogP contribution is 2.24. The number of ether oxygens (including phenoxy) is 1. The Morgan fingerprint density at radius 1 is 0.957 bits per heavy atom. The van der Waals surface area contributed by atoms with E-state index in [1.54, 1.807) is 19.2 Å². The molecule has 0 saturated carbocycles. The summed E-state index contributed by atoms with van der Waals surface area (Å²) < 4.78 is 6.15. The smallest absolute Gasteiger partial charge is 0.322 e. The van der Waals surface area contributed by atoms with Crippen LogP contribution < -0.4 is 39.2 Å². The Labute approximate surface area is 279 Å². The number of carbonyl (C=O) groups is 3. The van der Waals surface area contributed by atoms with Gasteiger partial charge in [0.25, 0.3) is 11.8 Å². The number of nitrogens with two attached hydrogens (primary N) is 2. The molecular weight excluding hydrogens is 633 g/mol. The number of aliphatic carboxylic acids is 1. The van der Waals surface area contributed by atoms with E-state index in [0.717, 1.165) is 80.5 Å². The van der Waals surface area contributed by atoms with Crippen LogP contribution in [0.5, 0.6) is 5.75 Å². The van der Waals surface area contributed by atoms with Gasteiger partial charge in [0.15, 0.2) is 22.5 Å². The molecule has 1 aliphatic heterocycles. The third kappa shape index (κ3) is 10.2. The number of hydrogen-bond donors (Lipinski definition) is 5. The predicted molar refractivity (Wildman–Crippen MR) is 172 cm³/mol. The zero-order chi connectivity index (χ0) is 32.4. The molecule has 1 aliphatic rings. The number of rotatable bonds is 14. The number of halogens is 2. The lowest BCUT2D eigenvalue weighted by Crippen LogP contribution is -3.00. The second-order valence-corrected chi connectivity index (χ2v) is 11.8. The Morgan fingerprint density at radius 3 is 2.15 bits per heavy atom. The molecule has 12 nitrogen and oxygen atoms in total. The number of carbonyl (C=O) groups excluding carboxylic acids is 2. The molecule has 2 heterocycles. The number of nitrogens with one attached hydrogen (secondary N) is 2. The van der Waals surface area contributed by atoms with E-state index in [1.807, 2.05) is 24.3 Å². The minimum Gasteiger partial charge on any atom is -1.00 e. The number of amides is 2. The van der Waals surface area contributed by atoms with Gasteiger partial charge in [-0.15, -0.1) is 0 Å². The summed E-state index contributed by atoms with van der Waals surface area (Å²) in [7, 11) is 1.66. The fourth-order valence-corrected chi connectivity index (χ4v) is 6.06. The molecule has 0 spiro atoms. The van der Waals surface area contributed by atoms with Gasteiger partial charge in [0.2, 0.25) is 0 Å². The van der Waals surface area contributed by atoms with Crippen LogP contribution in [-0.2, 0) is 17.6 Å². The third-order valence-corrected chi connectivity index (χ3v) is 8.50. The van der Waals surface area contributed by atoms with E-state index in [9.17, 15) is 14.4 Å². The molecule has 1 aromatic heterocycles. The van der Waals surface area contributed by atoms with Gasteiger partial charge < -0.3 is 48.8 Å². The number of aromatic nitrogens is 2. The molecule has 4 rings (SSSR count). The molecule has 2 aromatic carbocycles. The summed E-state index contributed by atoms with van der Waals surface area (Å²) >= 11 is 6.01. The molecule has 3 aromatic rings. The number of methoxy groups -OCH3 is 1. The maximum atomic E-state index is 13.1. The molecule has 1 saturated heterocycles. The minimum absolute atomic E-state index is 0. The first kappa shape index (κ1) is 36.3. The highest BCUT2D eigenvalue weighted by molar-refractivity contribution is 6.31. The van der Waals surface area contributed by atoms with E-state index < -0.39 is 24.3 Å². The number of aryl methyl sites for hydroxylation is 2. The van der Waals surface area contributed by atoms with Gasteiger partial charge in [0.05, 0.1) is 39.3 Å². The fraction of sp³-hybridized carbons (Fsp3) is 0.406. The van der Waals surface area contributed by atoms with Crippen LogP contribution in [0.25, 0.3) is 0 Å². The molecule has 2 unspecified atom stereocenters. The Bertz CT molecular complexity index is 1490. The molecule has 7 N–H and O–H groups in total. The predicted octanol–water partition coefficient (Wildman–Crippen LogP) is 0.0960. The van der Waals surface area contributed by atoms with E-state index >= 15 is 0 Å². The molecule has 248 valence electrons. The Morgan fingerprint density at radius 2 is 1.57 bits per heavy atom. The SMILES string of the molecule is COc1ccc(CCC[N+]2(CCCc3ccc(C(=O)NCC(=O)O)cc3)CCCC(NC(=O)c3nc(Cl)c(N)nc3N)C2)cc1.[Cl-]. The largest absolute Gasteiger partial charge is 1.00 e. The van der Waals surface area contributed by atoms with Crippen LogP contribution in [-0.4, -0.2) is 83.2 Å². The molecule has 2 amide bonds. The van der Waals surface area contributed by atoms with Crippen LogP contribution in [0.2, 0.25) is 5.15 Å². The Hall–Kier alpha value is -4.13. The highest BCUT2D eigenvalue weighted by Gasteiger charge is 2.35. The van der Waals surface area contributed by atoms with Crippen molar-refractivity contribution in [1.82, 2.24) is 20.6 Å². The van der Waals surface area contributed by atoms with Crippen molar-refractivity contribution in [3.05, 3.63) is 76.1 Å². The van der Waals surface area contributed by atoms with Gasteiger partial charge in [-0.05, 0) is 61.1 Å². The molecule has 46 heavy (non-hydrogen) atoms. The number of hydrogen-bond acceptors (Lipinski definition) is 8. The number of nitrogen functional groups attached to an aromatic ring is 2. The van der Waals surface area contributed by atoms with Crippen molar-refractivity contribution in [2.24, 2.45) is 0 Å². The van der Waals surface area contributed by atoms with E-state index in [-0.39, 0.29) is 40.9 Å². The van der Waals surface area contributed by atoms with Crippen LogP contribution in [0, 0.1) is 0 Å². The number of quaternary nitrogens is 1. The van der Waals surface area contributed by atoms with Gasteiger partial charge in [-0.2, -0.15) is 0 Å². The minimum atomic E-state index is -1.09. The first-order chi connectivity index (χ1) is 21.6. The van der Waals surface area contributed by atoms with Crippen molar-refractivity contribution < 1.29 is 41.1 Å². The number of likely N-dealkylation sites (tertiary alicyclic amines) is 1. The van der Waals surface area contributed by atoms with E-state index in [2.05, 4.69) is 32.7 Å². The van der Waals surface area contributed by atoms with Crippen LogP contribution >= 0.6 is 11.6 Å². The zero-order valence-corrected chi connectivity index (χ0v) is 27.3. The standard InChI is InChI=1S/C32H40ClN7O5.ClH/c1-45-25-14-10-22(11-15-25)6-3-17-40(16-2-5-21-8-12-23(13-9-21)31(43)36-19-26(41)42)18-4-7-24(20-40)37-32(44)27-29(34)39-30(35)28(33)38-27;/h8-15,24H,2-7,16-20H2,1H3,(H6-,34,35,36,37,39,41,42,43,44);1H. The number of anilines is 2. The number of carboxylic acids is 1. The van der Waals surface area contributed by atoms with Crippen molar-refractivity contribution in [2.75, 3.05) is 51.3 Å². The van der Waals surface area contributed by atoms with Crippen molar-refractivity contribution in [1.29, 1.82) is 0 Å². The van der Waals surface area contributed by atoms with Crippen molar-refractivity contribution in [2.45, 2.75) is 44.6 Å². The molecule has 0 aliphatic carbocycles. The number of piperidine rings is 1. The van der Waals surface area contributed by atoms with Crippen LogP contribution in [0.1, 0.15) is 57.7 Å². The van der Waals surface area contributed by atoms with Gasteiger partial charge in [0, 0.05) is 18.4 Å². The van der Waals surface area contributed by atoms with Crippen LogP contribution in [0.3, 0.4) is 0 Å². The number of carboxylic acid groups (broad SMARTS) is 1. The third-order valence-electron chi connectivity index (χ3n) is 8.22. The molecule has 14 heteroatoms. The van der Waals surface area contributed by atoms with Crippen molar-refractivity contribution in [3.63, 3.8) is 0 Å². The normalized spacial score (nSPS) is 17.4. The maximum Gasteiger partial charge on any atom is 0.322 e. The average molecular weight is 675 g/mol. The lowest BCUT2D eigenvalue weighted by molar-refractivity contribution is -0.933. The lowest BCUT2D eigenvalue weighted by Gasteiger charge is -2.45. The molecular formula is C32H41Cl2N7O5.